The minimum absolute atomic E-state index is 0.0229. The number of benzene rings is 1. The van der Waals surface area contributed by atoms with E-state index in [1.165, 1.54) is 37.1 Å². The lowest BCUT2D eigenvalue weighted by atomic mass is 9.97. The van der Waals surface area contributed by atoms with E-state index in [9.17, 15) is 4.79 Å². The molecule has 6 heteroatoms. The summed E-state index contributed by atoms with van der Waals surface area (Å²) in [5, 5.41) is 3.48. The van der Waals surface area contributed by atoms with Crippen LogP contribution in [-0.2, 0) is 22.6 Å². The lowest BCUT2D eigenvalue weighted by Gasteiger charge is -2.33. The van der Waals surface area contributed by atoms with Crippen LogP contribution in [0.15, 0.2) is 29.3 Å². The van der Waals surface area contributed by atoms with Gasteiger partial charge in [0.15, 0.2) is 5.96 Å². The molecule has 2 heterocycles. The van der Waals surface area contributed by atoms with Crippen molar-refractivity contribution in [2.75, 3.05) is 39.8 Å². The molecule has 0 radical (unpaired) electrons. The van der Waals surface area contributed by atoms with E-state index < -0.39 is 0 Å². The number of aliphatic imine (C=N–C) groups is 1. The van der Waals surface area contributed by atoms with Gasteiger partial charge in [-0.15, -0.1) is 0 Å². The predicted molar refractivity (Wildman–Crippen MR) is 121 cm³/mol. The largest absolute Gasteiger partial charge is 0.466 e. The number of carbonyl (C=O) groups excluding carboxylic acids is 1. The molecule has 2 aliphatic heterocycles. The number of rotatable bonds is 6. The van der Waals surface area contributed by atoms with Gasteiger partial charge in [-0.2, -0.15) is 0 Å². The third kappa shape index (κ3) is 6.46. The highest BCUT2D eigenvalue weighted by Crippen LogP contribution is 2.20. The van der Waals surface area contributed by atoms with E-state index in [4.69, 9.17) is 4.74 Å². The lowest BCUT2D eigenvalue weighted by molar-refractivity contribution is -0.149. The van der Waals surface area contributed by atoms with Crippen molar-refractivity contribution < 1.29 is 9.53 Å². The molecule has 166 valence electrons. The minimum Gasteiger partial charge on any atom is -0.466 e. The van der Waals surface area contributed by atoms with Gasteiger partial charge in [0.1, 0.15) is 0 Å². The Balaban J connectivity index is 1.44. The molecule has 0 aliphatic carbocycles. The molecule has 6 nitrogen and oxygen atoms in total. The molecular formula is C24H38N4O2. The number of carbonyl (C=O) groups is 1. The maximum Gasteiger partial charge on any atom is 0.309 e. The van der Waals surface area contributed by atoms with Crippen LogP contribution in [0.4, 0.5) is 0 Å². The van der Waals surface area contributed by atoms with Crippen LogP contribution in [0.5, 0.6) is 0 Å². The molecule has 0 aromatic heterocycles. The molecule has 1 N–H and O–H groups in total. The highest BCUT2D eigenvalue weighted by atomic mass is 16.5. The average molecular weight is 415 g/mol. The Morgan fingerprint density at radius 2 is 1.83 bits per heavy atom. The van der Waals surface area contributed by atoms with E-state index in [2.05, 4.69) is 51.3 Å². The zero-order valence-corrected chi connectivity index (χ0v) is 18.9. The topological polar surface area (TPSA) is 57.2 Å². The van der Waals surface area contributed by atoms with Crippen molar-refractivity contribution in [1.29, 1.82) is 0 Å². The van der Waals surface area contributed by atoms with E-state index in [0.29, 0.717) is 6.61 Å². The van der Waals surface area contributed by atoms with Crippen LogP contribution in [0.1, 0.15) is 50.7 Å². The van der Waals surface area contributed by atoms with Crippen molar-refractivity contribution in [1.82, 2.24) is 15.1 Å². The van der Waals surface area contributed by atoms with Crippen molar-refractivity contribution in [3.05, 3.63) is 35.4 Å². The summed E-state index contributed by atoms with van der Waals surface area (Å²) in [7, 11) is 1.82. The average Bonchev–Trinajstić information content (AvgIpc) is 2.76. The predicted octanol–water partition coefficient (Wildman–Crippen LogP) is 3.27. The highest BCUT2D eigenvalue weighted by Gasteiger charge is 2.27. The SMILES string of the molecule is CCOC(=O)C1CCN(C(=NC)NCc2ccc(CN3CCCC(C)C3)cc2)CC1. The maximum absolute atomic E-state index is 11.9. The Morgan fingerprint density at radius 3 is 2.47 bits per heavy atom. The number of hydrogen-bond donors (Lipinski definition) is 1. The van der Waals surface area contributed by atoms with Crippen LogP contribution < -0.4 is 5.32 Å². The molecule has 2 fully saturated rings. The van der Waals surface area contributed by atoms with Gasteiger partial charge in [-0.3, -0.25) is 14.7 Å². The molecule has 30 heavy (non-hydrogen) atoms. The van der Waals surface area contributed by atoms with Gasteiger partial charge >= 0.3 is 5.97 Å². The summed E-state index contributed by atoms with van der Waals surface area (Å²) in [5.41, 5.74) is 2.64. The quantitative estimate of drug-likeness (QED) is 0.440. The first-order valence-corrected chi connectivity index (χ1v) is 11.5. The molecule has 1 aromatic rings. The van der Waals surface area contributed by atoms with Crippen molar-refractivity contribution in [2.45, 2.75) is 52.6 Å². The number of nitrogens with zero attached hydrogens (tertiary/aromatic N) is 3. The Hall–Kier alpha value is -2.08. The Labute approximate surface area is 181 Å². The normalized spacial score (nSPS) is 21.5. The van der Waals surface area contributed by atoms with Crippen molar-refractivity contribution in [2.24, 2.45) is 16.8 Å². The molecule has 1 atom stereocenters. The molecular weight excluding hydrogens is 376 g/mol. The summed E-state index contributed by atoms with van der Waals surface area (Å²) >= 11 is 0. The molecule has 1 unspecified atom stereocenters. The number of hydrogen-bond acceptors (Lipinski definition) is 4. The Bertz CT molecular complexity index is 696. The van der Waals surface area contributed by atoms with E-state index in [1.54, 1.807) is 0 Å². The monoisotopic (exact) mass is 414 g/mol. The summed E-state index contributed by atoms with van der Waals surface area (Å²) in [6.07, 6.45) is 4.33. The van der Waals surface area contributed by atoms with Gasteiger partial charge in [-0.1, -0.05) is 31.2 Å². The first kappa shape index (κ1) is 22.6. The van der Waals surface area contributed by atoms with Gasteiger partial charge in [0, 0.05) is 39.8 Å². The first-order chi connectivity index (χ1) is 14.6. The van der Waals surface area contributed by atoms with Crippen molar-refractivity contribution >= 4 is 11.9 Å². The number of nitrogens with one attached hydrogen (secondary N) is 1. The molecule has 0 amide bonds. The van der Waals surface area contributed by atoms with E-state index in [0.717, 1.165) is 50.9 Å². The number of guanidine groups is 1. The highest BCUT2D eigenvalue weighted by molar-refractivity contribution is 5.80. The van der Waals surface area contributed by atoms with Crippen LogP contribution >= 0.6 is 0 Å². The maximum atomic E-state index is 11.9. The van der Waals surface area contributed by atoms with Crippen LogP contribution in [0.25, 0.3) is 0 Å². The van der Waals surface area contributed by atoms with Gasteiger partial charge in [0.25, 0.3) is 0 Å². The van der Waals surface area contributed by atoms with Gasteiger partial charge < -0.3 is 15.0 Å². The fraction of sp³-hybridized carbons (Fsp3) is 0.667. The summed E-state index contributed by atoms with van der Waals surface area (Å²) in [5.74, 6) is 1.69. The number of piperidine rings is 2. The third-order valence-electron chi connectivity index (χ3n) is 6.25. The minimum atomic E-state index is -0.0563. The van der Waals surface area contributed by atoms with E-state index in [1.807, 2.05) is 14.0 Å². The first-order valence-electron chi connectivity index (χ1n) is 11.5. The third-order valence-corrected chi connectivity index (χ3v) is 6.25. The van der Waals surface area contributed by atoms with Crippen molar-refractivity contribution in [3.63, 3.8) is 0 Å². The Morgan fingerprint density at radius 1 is 1.13 bits per heavy atom. The fourth-order valence-corrected chi connectivity index (χ4v) is 4.55. The van der Waals surface area contributed by atoms with E-state index >= 15 is 0 Å². The number of ether oxygens (including phenoxy) is 1. The van der Waals surface area contributed by atoms with E-state index in [-0.39, 0.29) is 11.9 Å². The zero-order chi connectivity index (χ0) is 21.3. The van der Waals surface area contributed by atoms with Crippen LogP contribution in [0.2, 0.25) is 0 Å². The second-order valence-electron chi connectivity index (χ2n) is 8.71. The summed E-state index contributed by atoms with van der Waals surface area (Å²) in [4.78, 5) is 21.2. The smallest absolute Gasteiger partial charge is 0.309 e. The molecule has 0 bridgehead atoms. The van der Waals surface area contributed by atoms with Gasteiger partial charge in [-0.05, 0) is 56.2 Å². The van der Waals surface area contributed by atoms with Crippen LogP contribution in [0.3, 0.4) is 0 Å². The standard InChI is InChI=1S/C24H38N4O2/c1-4-30-23(29)22-11-14-28(15-12-22)24(25-3)26-16-20-7-9-21(10-8-20)18-27-13-5-6-19(2)17-27/h7-10,19,22H,4-6,11-18H2,1-3H3,(H,25,26). The van der Waals surface area contributed by atoms with Crippen LogP contribution in [-0.4, -0.2) is 61.6 Å². The zero-order valence-electron chi connectivity index (χ0n) is 18.9. The lowest BCUT2D eigenvalue weighted by Crippen LogP contribution is -2.46. The molecule has 2 saturated heterocycles. The van der Waals surface area contributed by atoms with Gasteiger partial charge in [0.05, 0.1) is 12.5 Å². The summed E-state index contributed by atoms with van der Waals surface area (Å²) in [6.45, 7) is 10.6. The van der Waals surface area contributed by atoms with Crippen molar-refractivity contribution in [3.8, 4) is 0 Å². The molecule has 1 aromatic carbocycles. The van der Waals surface area contributed by atoms with Crippen LogP contribution in [0, 0.1) is 11.8 Å². The summed E-state index contributed by atoms with van der Waals surface area (Å²) < 4.78 is 5.17. The fourth-order valence-electron chi connectivity index (χ4n) is 4.55. The van der Waals surface area contributed by atoms with Gasteiger partial charge in [-0.25, -0.2) is 0 Å². The summed E-state index contributed by atoms with van der Waals surface area (Å²) in [6, 6.07) is 8.94. The molecule has 2 aliphatic rings. The molecule has 0 saturated carbocycles. The van der Waals surface area contributed by atoms with Gasteiger partial charge in [0.2, 0.25) is 0 Å². The number of esters is 1. The molecule has 0 spiro atoms. The second-order valence-corrected chi connectivity index (χ2v) is 8.71. The molecule has 3 rings (SSSR count). The number of likely N-dealkylation sites (tertiary alicyclic amines) is 2. The second kappa shape index (κ2) is 11.3. The Kier molecular flexibility index (Phi) is 8.55.